The number of hydrogen-bond acceptors (Lipinski definition) is 3. The number of aliphatic hydroxyl groups is 1. The number of aliphatic hydroxyl groups excluding tert-OH is 1. The number of nitrogens with zero attached hydrogens (tertiary/aromatic N) is 2. The first-order valence-electron chi connectivity index (χ1n) is 3.23. The smallest absolute Gasteiger partial charge is 0.287 e. The maximum atomic E-state index is 8.77. The van der Waals surface area contributed by atoms with Crippen molar-refractivity contribution in [2.24, 2.45) is 4.99 Å². The topological polar surface area (TPSA) is 45.1 Å². The van der Waals surface area contributed by atoms with E-state index in [1.54, 1.807) is 7.05 Å². The van der Waals surface area contributed by atoms with Gasteiger partial charge in [-0.15, -0.1) is 0 Å². The maximum Gasteiger partial charge on any atom is 0.287 e. The molecule has 1 saturated heterocycles. The average Bonchev–Trinajstić information content (AvgIpc) is 2.30. The summed E-state index contributed by atoms with van der Waals surface area (Å²) in [4.78, 5) is 5.71. The minimum atomic E-state index is 0.0821. The molecule has 1 N–H and O–H groups in total. The van der Waals surface area contributed by atoms with E-state index in [0.29, 0.717) is 12.6 Å². The summed E-state index contributed by atoms with van der Waals surface area (Å²) >= 11 is 0. The van der Waals surface area contributed by atoms with Gasteiger partial charge >= 0.3 is 0 Å². The second-order valence-electron chi connectivity index (χ2n) is 2.26. The Kier molecular flexibility index (Phi) is 2.11. The lowest BCUT2D eigenvalue weighted by atomic mass is 10.3. The van der Waals surface area contributed by atoms with Crippen LogP contribution >= 0.6 is 0 Å². The zero-order chi connectivity index (χ0) is 7.56. The van der Waals surface area contributed by atoms with Gasteiger partial charge in [0.25, 0.3) is 6.02 Å². The van der Waals surface area contributed by atoms with Gasteiger partial charge in [0.05, 0.1) is 12.6 Å². The van der Waals surface area contributed by atoms with Gasteiger partial charge in [0, 0.05) is 14.1 Å². The summed E-state index contributed by atoms with van der Waals surface area (Å²) in [5.74, 6) is 0. The molecule has 4 nitrogen and oxygen atoms in total. The first-order valence-corrected chi connectivity index (χ1v) is 3.23. The van der Waals surface area contributed by atoms with E-state index in [2.05, 4.69) is 4.99 Å². The Hall–Kier alpha value is -0.770. The van der Waals surface area contributed by atoms with Crippen molar-refractivity contribution < 1.29 is 9.84 Å². The summed E-state index contributed by atoms with van der Waals surface area (Å²) in [6.45, 7) is 0.662. The Bertz CT molecular complexity index is 147. The van der Waals surface area contributed by atoms with Crippen LogP contribution in [0.3, 0.4) is 0 Å². The molecule has 0 amide bonds. The normalized spacial score (nSPS) is 29.3. The van der Waals surface area contributed by atoms with Crippen LogP contribution in [0.4, 0.5) is 0 Å². The molecule has 0 unspecified atom stereocenters. The van der Waals surface area contributed by atoms with Crippen molar-refractivity contribution in [1.29, 1.82) is 0 Å². The van der Waals surface area contributed by atoms with Crippen LogP contribution in [0.1, 0.15) is 0 Å². The van der Waals surface area contributed by atoms with Crippen LogP contribution in [0, 0.1) is 0 Å². The lowest BCUT2D eigenvalue weighted by molar-refractivity contribution is 0.197. The molecule has 0 aromatic rings. The molecule has 58 valence electrons. The molecule has 0 aromatic heterocycles. The van der Waals surface area contributed by atoms with Crippen LogP contribution < -0.4 is 0 Å². The van der Waals surface area contributed by atoms with Gasteiger partial charge in [-0.25, -0.2) is 4.99 Å². The second kappa shape index (κ2) is 2.88. The highest BCUT2D eigenvalue weighted by Crippen LogP contribution is 2.07. The lowest BCUT2D eigenvalue weighted by Crippen LogP contribution is -2.32. The van der Waals surface area contributed by atoms with Gasteiger partial charge in [-0.1, -0.05) is 0 Å². The van der Waals surface area contributed by atoms with Crippen LogP contribution in [-0.4, -0.2) is 49.4 Å². The molecule has 1 aliphatic rings. The molecule has 1 heterocycles. The number of hydrogen-bond donors (Lipinski definition) is 1. The van der Waals surface area contributed by atoms with E-state index in [1.807, 2.05) is 11.9 Å². The van der Waals surface area contributed by atoms with Crippen molar-refractivity contribution in [3.8, 4) is 0 Å². The van der Waals surface area contributed by atoms with Gasteiger partial charge < -0.3 is 14.7 Å². The lowest BCUT2D eigenvalue weighted by Gasteiger charge is -2.14. The van der Waals surface area contributed by atoms with Crippen LogP contribution in [-0.2, 0) is 4.74 Å². The molecule has 0 radical (unpaired) electrons. The zero-order valence-corrected chi connectivity index (χ0v) is 6.24. The first-order chi connectivity index (χ1) is 4.79. The number of rotatable bonds is 1. The third-order valence-corrected chi connectivity index (χ3v) is 1.66. The van der Waals surface area contributed by atoms with Crippen molar-refractivity contribution in [3.05, 3.63) is 0 Å². The fourth-order valence-electron chi connectivity index (χ4n) is 0.938. The number of likely N-dealkylation sites (N-methyl/N-ethyl adjacent to an activating group) is 1. The van der Waals surface area contributed by atoms with Gasteiger partial charge in [-0.3, -0.25) is 0 Å². The molecule has 0 spiro atoms. The highest BCUT2D eigenvalue weighted by Gasteiger charge is 2.26. The molecular formula is C6H12N2O2. The van der Waals surface area contributed by atoms with Gasteiger partial charge in [0.2, 0.25) is 0 Å². The molecule has 1 aliphatic heterocycles. The van der Waals surface area contributed by atoms with E-state index in [-0.39, 0.29) is 12.6 Å². The first kappa shape index (κ1) is 7.34. The Morgan fingerprint density at radius 1 is 1.90 bits per heavy atom. The van der Waals surface area contributed by atoms with Crippen LogP contribution in [0.2, 0.25) is 0 Å². The van der Waals surface area contributed by atoms with Crippen molar-refractivity contribution in [3.63, 3.8) is 0 Å². The minimum Gasteiger partial charge on any atom is -0.463 e. The Balaban J connectivity index is 2.58. The largest absolute Gasteiger partial charge is 0.463 e. The summed E-state index contributed by atoms with van der Waals surface area (Å²) in [5.41, 5.74) is 0. The molecular weight excluding hydrogens is 132 g/mol. The molecule has 0 saturated carbocycles. The van der Waals surface area contributed by atoms with Crippen molar-refractivity contribution in [2.45, 2.75) is 6.04 Å². The second-order valence-corrected chi connectivity index (χ2v) is 2.26. The maximum absolute atomic E-state index is 8.77. The third-order valence-electron chi connectivity index (χ3n) is 1.66. The van der Waals surface area contributed by atoms with Gasteiger partial charge in [-0.05, 0) is 0 Å². The molecule has 1 fully saturated rings. The molecule has 0 aromatic carbocycles. The van der Waals surface area contributed by atoms with Crippen LogP contribution in [0.25, 0.3) is 0 Å². The molecule has 0 aliphatic carbocycles. The van der Waals surface area contributed by atoms with E-state index in [1.165, 1.54) is 0 Å². The summed E-state index contributed by atoms with van der Waals surface area (Å²) < 4.78 is 5.13. The van der Waals surface area contributed by atoms with Crippen molar-refractivity contribution in [2.75, 3.05) is 27.3 Å². The molecule has 0 bridgehead atoms. The molecule has 10 heavy (non-hydrogen) atoms. The van der Waals surface area contributed by atoms with E-state index in [0.717, 1.165) is 0 Å². The van der Waals surface area contributed by atoms with Gasteiger partial charge in [0.15, 0.2) is 0 Å². The Morgan fingerprint density at radius 2 is 2.60 bits per heavy atom. The Labute approximate surface area is 60.1 Å². The van der Waals surface area contributed by atoms with Gasteiger partial charge in [-0.2, -0.15) is 0 Å². The minimum absolute atomic E-state index is 0.0821. The summed E-state index contributed by atoms with van der Waals surface area (Å²) in [6, 6.07) is 0.692. The zero-order valence-electron chi connectivity index (χ0n) is 6.24. The van der Waals surface area contributed by atoms with Crippen LogP contribution in [0.15, 0.2) is 4.99 Å². The summed E-state index contributed by atoms with van der Waals surface area (Å²) in [7, 11) is 3.53. The monoisotopic (exact) mass is 144 g/mol. The molecule has 1 atom stereocenters. The number of aliphatic imine (C=N–C) groups is 1. The quantitative estimate of drug-likeness (QED) is 0.529. The predicted molar refractivity (Wildman–Crippen MR) is 37.9 cm³/mol. The predicted octanol–water partition coefficient (Wildman–Crippen LogP) is -0.705. The highest BCUT2D eigenvalue weighted by atomic mass is 16.5. The SMILES string of the molecule is CN=C1OC[C@H](CO)N1C. The van der Waals surface area contributed by atoms with Crippen LogP contribution in [0.5, 0.6) is 0 Å². The molecule has 4 heteroatoms. The Morgan fingerprint density at radius 3 is 2.90 bits per heavy atom. The van der Waals surface area contributed by atoms with E-state index >= 15 is 0 Å². The van der Waals surface area contributed by atoms with Crippen molar-refractivity contribution in [1.82, 2.24) is 4.90 Å². The molecule has 1 rings (SSSR count). The highest BCUT2D eigenvalue weighted by molar-refractivity contribution is 5.75. The van der Waals surface area contributed by atoms with Crippen molar-refractivity contribution >= 4 is 6.02 Å². The fraction of sp³-hybridized carbons (Fsp3) is 0.833. The number of amidine groups is 1. The van der Waals surface area contributed by atoms with Gasteiger partial charge in [0.1, 0.15) is 6.61 Å². The van der Waals surface area contributed by atoms with E-state index < -0.39 is 0 Å². The summed E-state index contributed by atoms with van der Waals surface area (Å²) in [6.07, 6.45) is 0. The third kappa shape index (κ3) is 1.07. The average molecular weight is 144 g/mol. The summed E-state index contributed by atoms with van der Waals surface area (Å²) in [5, 5.41) is 8.77. The van der Waals surface area contributed by atoms with E-state index in [9.17, 15) is 0 Å². The van der Waals surface area contributed by atoms with E-state index in [4.69, 9.17) is 9.84 Å². The number of ether oxygens (including phenoxy) is 1. The fourth-order valence-corrected chi connectivity index (χ4v) is 0.938. The standard InChI is InChI=1S/C6H12N2O2/c1-7-6-8(2)5(3-9)4-10-6/h5,9H,3-4H2,1-2H3/t5-/m0/s1.